The van der Waals surface area contributed by atoms with Gasteiger partial charge in [-0.15, -0.1) is 0 Å². The third-order valence-electron chi connectivity index (χ3n) is 10.4. The minimum absolute atomic E-state index is 0.0269. The van der Waals surface area contributed by atoms with Gasteiger partial charge in [0.05, 0.1) is 17.7 Å². The van der Waals surface area contributed by atoms with E-state index in [0.717, 1.165) is 31.6 Å². The number of carbonyl (C=O) groups is 1. The number of hydrogen-bond acceptors (Lipinski definition) is 10. The highest BCUT2D eigenvalue weighted by Gasteiger charge is 2.57. The third-order valence-corrected chi connectivity index (χ3v) is 10.4. The molecule has 4 aliphatic rings. The Hall–Kier alpha value is -3.32. The summed E-state index contributed by atoms with van der Waals surface area (Å²) in [7, 11) is 0. The third kappa shape index (κ3) is 6.20. The highest BCUT2D eigenvalue weighted by atomic mass is 16.8. The molecule has 2 saturated carbocycles. The quantitative estimate of drug-likeness (QED) is 0.254. The van der Waals surface area contributed by atoms with Crippen LogP contribution in [0, 0.1) is 11.8 Å². The fraction of sp³-hybridized carbons (Fsp3) is 0.647. The number of fused-ring (bicyclic) bond motifs is 2. The summed E-state index contributed by atoms with van der Waals surface area (Å²) >= 11 is 0. The summed E-state index contributed by atoms with van der Waals surface area (Å²) < 4.78 is 21.4. The second kappa shape index (κ2) is 12.4. The SMILES string of the molecule is CC(C)N(C[C@H]1O[C@@H](n2cnc3c(N)ncnc32)[C@@H]2OC(C)(C)O[C@@H]21)C1CC(CCC(=O)Nc2ccc(CC3CCC3)cc2N)C1. The maximum atomic E-state index is 12.8. The Morgan fingerprint density at radius 3 is 2.61 bits per heavy atom. The topological polar surface area (TPSA) is 156 Å². The number of ether oxygens (including phenoxy) is 3. The Morgan fingerprint density at radius 2 is 1.89 bits per heavy atom. The molecular formula is C34H48N8O4. The summed E-state index contributed by atoms with van der Waals surface area (Å²) in [4.78, 5) is 28.3. The average molecular weight is 633 g/mol. The smallest absolute Gasteiger partial charge is 0.224 e. The van der Waals surface area contributed by atoms with Gasteiger partial charge in [0.15, 0.2) is 23.5 Å². The van der Waals surface area contributed by atoms with Crippen molar-refractivity contribution in [2.75, 3.05) is 23.3 Å². The number of hydrogen-bond donors (Lipinski definition) is 3. The molecule has 2 aliphatic heterocycles. The minimum Gasteiger partial charge on any atom is -0.397 e. The van der Waals surface area contributed by atoms with E-state index >= 15 is 0 Å². The van der Waals surface area contributed by atoms with E-state index in [4.69, 9.17) is 25.7 Å². The monoisotopic (exact) mass is 632 g/mol. The van der Waals surface area contributed by atoms with Gasteiger partial charge in [0.2, 0.25) is 5.91 Å². The van der Waals surface area contributed by atoms with Crippen molar-refractivity contribution < 1.29 is 19.0 Å². The molecule has 1 amide bonds. The predicted molar refractivity (Wildman–Crippen MR) is 176 cm³/mol. The molecule has 3 aromatic rings. The molecule has 248 valence electrons. The van der Waals surface area contributed by atoms with Crippen LogP contribution in [0.25, 0.3) is 11.2 Å². The van der Waals surface area contributed by atoms with Gasteiger partial charge >= 0.3 is 0 Å². The van der Waals surface area contributed by atoms with E-state index < -0.39 is 12.0 Å². The zero-order valence-electron chi connectivity index (χ0n) is 27.4. The van der Waals surface area contributed by atoms with Crippen molar-refractivity contribution in [2.45, 2.75) is 121 Å². The Balaban J connectivity index is 0.938. The molecule has 7 rings (SSSR count). The number of nitrogen functional groups attached to an aromatic ring is 2. The number of benzene rings is 1. The molecule has 4 atom stereocenters. The number of nitrogens with one attached hydrogen (secondary N) is 1. The molecule has 1 aromatic carbocycles. The van der Waals surface area contributed by atoms with Crippen LogP contribution in [0.2, 0.25) is 0 Å². The Labute approximate surface area is 270 Å². The van der Waals surface area contributed by atoms with Crippen molar-refractivity contribution in [1.29, 1.82) is 0 Å². The van der Waals surface area contributed by atoms with Crippen LogP contribution in [-0.4, -0.2) is 73.1 Å². The summed E-state index contributed by atoms with van der Waals surface area (Å²) in [5, 5.41) is 3.04. The van der Waals surface area contributed by atoms with E-state index in [1.54, 1.807) is 6.33 Å². The first-order valence-corrected chi connectivity index (χ1v) is 16.9. The van der Waals surface area contributed by atoms with Gasteiger partial charge in [0, 0.05) is 25.0 Å². The van der Waals surface area contributed by atoms with Crippen LogP contribution in [0.5, 0.6) is 0 Å². The fourth-order valence-electron chi connectivity index (χ4n) is 7.71. The van der Waals surface area contributed by atoms with Crippen molar-refractivity contribution in [1.82, 2.24) is 24.4 Å². The zero-order valence-corrected chi connectivity index (χ0v) is 27.4. The van der Waals surface area contributed by atoms with Gasteiger partial charge in [-0.25, -0.2) is 15.0 Å². The first-order chi connectivity index (χ1) is 22.0. The molecule has 2 aromatic heterocycles. The number of nitrogens with zero attached hydrogens (tertiary/aromatic N) is 5. The molecule has 12 heteroatoms. The number of anilines is 3. The molecule has 46 heavy (non-hydrogen) atoms. The zero-order chi connectivity index (χ0) is 32.2. The van der Waals surface area contributed by atoms with Gasteiger partial charge in [0.25, 0.3) is 0 Å². The van der Waals surface area contributed by atoms with Gasteiger partial charge in [0.1, 0.15) is 30.2 Å². The van der Waals surface area contributed by atoms with Crippen molar-refractivity contribution in [2.24, 2.45) is 11.8 Å². The Kier molecular flexibility index (Phi) is 8.41. The second-order valence-corrected chi connectivity index (χ2v) is 14.5. The molecule has 12 nitrogen and oxygen atoms in total. The van der Waals surface area contributed by atoms with Crippen molar-refractivity contribution in [3.05, 3.63) is 36.4 Å². The molecule has 4 fully saturated rings. The molecule has 2 saturated heterocycles. The highest BCUT2D eigenvalue weighted by Crippen LogP contribution is 2.45. The number of amides is 1. The molecule has 2 aliphatic carbocycles. The molecule has 4 heterocycles. The van der Waals surface area contributed by atoms with Crippen LogP contribution < -0.4 is 16.8 Å². The largest absolute Gasteiger partial charge is 0.397 e. The maximum Gasteiger partial charge on any atom is 0.224 e. The van der Waals surface area contributed by atoms with Crippen molar-refractivity contribution >= 4 is 34.3 Å². The van der Waals surface area contributed by atoms with Crippen LogP contribution in [0.1, 0.15) is 84.4 Å². The van der Waals surface area contributed by atoms with Crippen LogP contribution >= 0.6 is 0 Å². The van der Waals surface area contributed by atoms with Gasteiger partial charge in [-0.1, -0.05) is 25.3 Å². The number of rotatable bonds is 11. The van der Waals surface area contributed by atoms with E-state index in [1.807, 2.05) is 30.5 Å². The van der Waals surface area contributed by atoms with Gasteiger partial charge in [-0.05, 0) is 82.9 Å². The van der Waals surface area contributed by atoms with Crippen LogP contribution in [0.15, 0.2) is 30.9 Å². The summed E-state index contributed by atoms with van der Waals surface area (Å²) in [6.45, 7) is 9.06. The van der Waals surface area contributed by atoms with Crippen molar-refractivity contribution in [3.63, 3.8) is 0 Å². The first-order valence-electron chi connectivity index (χ1n) is 16.9. The maximum absolute atomic E-state index is 12.8. The number of imidazole rings is 1. The Morgan fingerprint density at radius 1 is 1.11 bits per heavy atom. The van der Waals surface area contributed by atoms with Crippen molar-refractivity contribution in [3.8, 4) is 0 Å². The summed E-state index contributed by atoms with van der Waals surface area (Å²) in [5.74, 6) is 0.927. The normalized spacial score (nSPS) is 28.8. The van der Waals surface area contributed by atoms with E-state index in [1.165, 1.54) is 31.2 Å². The van der Waals surface area contributed by atoms with Gasteiger partial charge in [-0.2, -0.15) is 0 Å². The molecule has 0 radical (unpaired) electrons. The summed E-state index contributed by atoms with van der Waals surface area (Å²) in [6, 6.07) is 6.83. The molecule has 0 unspecified atom stereocenters. The lowest BCUT2D eigenvalue weighted by Gasteiger charge is -2.46. The molecule has 0 bridgehead atoms. The Bertz CT molecular complexity index is 1570. The molecule has 5 N–H and O–H groups in total. The number of carbonyl (C=O) groups excluding carboxylic acids is 1. The lowest BCUT2D eigenvalue weighted by atomic mass is 9.76. The standard InChI is InChI=1S/C34H48N8O4/c1-19(2)41(23-13-22(14-23)9-11-27(43)40-25-10-8-21(15-24(25)35)12-20-6-5-7-20)16-26-29-30(46-34(3,4)45-29)33(44-26)42-18-39-28-31(36)37-17-38-32(28)42/h8,10,15,17-20,22-23,26,29-30,33H,5-7,9,11-14,16,35H2,1-4H3,(H,40,43)(H2,36,37,38)/t22?,23?,26-,29-,30-,33-/m1/s1. The van der Waals surface area contributed by atoms with E-state index in [9.17, 15) is 4.79 Å². The minimum atomic E-state index is -0.729. The first kappa shape index (κ1) is 31.3. The second-order valence-electron chi connectivity index (χ2n) is 14.5. The van der Waals surface area contributed by atoms with Gasteiger partial charge in [-0.3, -0.25) is 14.3 Å². The lowest BCUT2D eigenvalue weighted by molar-refractivity contribution is -0.199. The van der Waals surface area contributed by atoms with E-state index in [0.29, 0.717) is 59.3 Å². The molecular weight excluding hydrogens is 584 g/mol. The summed E-state index contributed by atoms with van der Waals surface area (Å²) in [6.07, 6.45) is 10.4. The summed E-state index contributed by atoms with van der Waals surface area (Å²) in [5.41, 5.74) is 16.1. The predicted octanol–water partition coefficient (Wildman–Crippen LogP) is 4.66. The van der Waals surface area contributed by atoms with E-state index in [-0.39, 0.29) is 24.2 Å². The highest BCUT2D eigenvalue weighted by molar-refractivity contribution is 5.93. The van der Waals surface area contributed by atoms with Crippen LogP contribution in [-0.2, 0) is 25.4 Å². The average Bonchev–Trinajstić information content (AvgIpc) is 3.62. The number of nitrogens with two attached hydrogens (primary N) is 2. The van der Waals surface area contributed by atoms with Crippen LogP contribution in [0.3, 0.4) is 0 Å². The van der Waals surface area contributed by atoms with Gasteiger partial charge < -0.3 is 31.0 Å². The fourth-order valence-corrected chi connectivity index (χ4v) is 7.71. The van der Waals surface area contributed by atoms with Crippen LogP contribution in [0.4, 0.5) is 17.2 Å². The lowest BCUT2D eigenvalue weighted by Crippen LogP contribution is -2.52. The van der Waals surface area contributed by atoms with E-state index in [2.05, 4.69) is 45.1 Å². The number of aromatic nitrogens is 4. The molecule has 0 spiro atoms.